The first kappa shape index (κ1) is 16.4. The number of fused-ring (bicyclic) bond motifs is 1. The Balaban J connectivity index is 1.38. The molecular weight excluding hydrogens is 334 g/mol. The number of carbonyl (C=O) groups excluding carboxylic acids is 1. The molecule has 2 amide bonds. The van der Waals surface area contributed by atoms with Crippen molar-refractivity contribution in [1.82, 2.24) is 24.9 Å². The molecule has 0 radical (unpaired) electrons. The molecule has 136 valence electrons. The summed E-state index contributed by atoms with van der Waals surface area (Å²) in [4.78, 5) is 29.3. The molecule has 0 aliphatic carbocycles. The number of piperidine rings is 1. The number of para-hydroxylation sites is 2. The van der Waals surface area contributed by atoms with Gasteiger partial charge in [0, 0.05) is 25.2 Å². The molecule has 1 aliphatic heterocycles. The van der Waals surface area contributed by atoms with E-state index >= 15 is 0 Å². The Morgan fingerprint density at radius 2 is 2.12 bits per heavy atom. The van der Waals surface area contributed by atoms with Crippen LogP contribution in [0, 0.1) is 6.92 Å². The summed E-state index contributed by atoms with van der Waals surface area (Å²) < 4.78 is 6.92. The molecule has 26 heavy (non-hydrogen) atoms. The molecule has 0 spiro atoms. The van der Waals surface area contributed by atoms with Crippen molar-refractivity contribution >= 4 is 17.1 Å². The van der Waals surface area contributed by atoms with Crippen LogP contribution in [0.1, 0.15) is 30.3 Å². The first-order valence-electron chi connectivity index (χ1n) is 8.76. The average molecular weight is 355 g/mol. The van der Waals surface area contributed by atoms with Crippen LogP contribution >= 0.6 is 0 Å². The highest BCUT2D eigenvalue weighted by Crippen LogP contribution is 2.24. The first-order chi connectivity index (χ1) is 12.6. The Hall–Kier alpha value is -3.03. The van der Waals surface area contributed by atoms with Gasteiger partial charge >= 0.3 is 11.7 Å². The normalized spacial score (nSPS) is 15.5. The Labute approximate surface area is 149 Å². The van der Waals surface area contributed by atoms with Crippen LogP contribution in [0.2, 0.25) is 0 Å². The maximum Gasteiger partial charge on any atom is 0.326 e. The maximum atomic E-state index is 12.3. The highest BCUT2D eigenvalue weighted by molar-refractivity contribution is 5.75. The van der Waals surface area contributed by atoms with Gasteiger partial charge in [0.2, 0.25) is 0 Å². The van der Waals surface area contributed by atoms with Crippen molar-refractivity contribution in [2.75, 3.05) is 13.1 Å². The molecule has 0 unspecified atom stereocenters. The van der Waals surface area contributed by atoms with Gasteiger partial charge in [0.1, 0.15) is 0 Å². The van der Waals surface area contributed by atoms with E-state index in [4.69, 9.17) is 4.52 Å². The molecule has 0 bridgehead atoms. The minimum absolute atomic E-state index is 0.0882. The van der Waals surface area contributed by atoms with Crippen LogP contribution in [0.3, 0.4) is 0 Å². The quantitative estimate of drug-likeness (QED) is 0.752. The van der Waals surface area contributed by atoms with Gasteiger partial charge in [0.25, 0.3) is 0 Å². The van der Waals surface area contributed by atoms with Crippen LogP contribution in [0.25, 0.3) is 11.0 Å². The molecule has 1 fully saturated rings. The molecule has 4 rings (SSSR count). The summed E-state index contributed by atoms with van der Waals surface area (Å²) in [5.41, 5.74) is 2.47. The van der Waals surface area contributed by atoms with Crippen LogP contribution in [0.15, 0.2) is 39.6 Å². The Kier molecular flexibility index (Phi) is 4.24. The van der Waals surface area contributed by atoms with E-state index in [1.54, 1.807) is 11.0 Å². The molecule has 8 nitrogen and oxygen atoms in total. The van der Waals surface area contributed by atoms with Crippen molar-refractivity contribution in [1.29, 1.82) is 0 Å². The van der Waals surface area contributed by atoms with E-state index in [0.29, 0.717) is 25.4 Å². The van der Waals surface area contributed by atoms with Crippen molar-refractivity contribution in [3.63, 3.8) is 0 Å². The van der Waals surface area contributed by atoms with E-state index < -0.39 is 0 Å². The van der Waals surface area contributed by atoms with Crippen LogP contribution in [-0.2, 0) is 6.54 Å². The van der Waals surface area contributed by atoms with Gasteiger partial charge in [-0.15, -0.1) is 0 Å². The number of amides is 2. The third-order valence-corrected chi connectivity index (χ3v) is 4.83. The third-order valence-electron chi connectivity index (χ3n) is 4.83. The van der Waals surface area contributed by atoms with Crippen LogP contribution in [0.5, 0.6) is 0 Å². The number of likely N-dealkylation sites (tertiary alicyclic amines) is 1. The van der Waals surface area contributed by atoms with Crippen molar-refractivity contribution in [2.45, 2.75) is 32.4 Å². The number of nitrogens with one attached hydrogen (secondary N) is 2. The van der Waals surface area contributed by atoms with Crippen molar-refractivity contribution in [2.24, 2.45) is 0 Å². The van der Waals surface area contributed by atoms with E-state index in [9.17, 15) is 9.59 Å². The molecular formula is C18H21N5O3. The summed E-state index contributed by atoms with van der Waals surface area (Å²) in [5.74, 6) is 0.635. The second-order valence-electron chi connectivity index (χ2n) is 6.63. The SMILES string of the molecule is Cc1cc(CNC(=O)N2CCC(n3c(=O)[nH]c4ccccc43)CC2)on1. The molecule has 2 N–H and O–H groups in total. The summed E-state index contributed by atoms with van der Waals surface area (Å²) in [7, 11) is 0. The number of rotatable bonds is 3. The van der Waals surface area contributed by atoms with E-state index in [0.717, 1.165) is 29.6 Å². The lowest BCUT2D eigenvalue weighted by molar-refractivity contribution is 0.170. The van der Waals surface area contributed by atoms with Gasteiger partial charge in [-0.2, -0.15) is 0 Å². The predicted octanol–water partition coefficient (Wildman–Crippen LogP) is 2.17. The summed E-state index contributed by atoms with van der Waals surface area (Å²) in [5, 5.41) is 6.65. The van der Waals surface area contributed by atoms with Gasteiger partial charge in [-0.25, -0.2) is 9.59 Å². The predicted molar refractivity (Wildman–Crippen MR) is 95.9 cm³/mol. The molecule has 1 aliphatic rings. The van der Waals surface area contributed by atoms with Crippen molar-refractivity contribution < 1.29 is 9.32 Å². The highest BCUT2D eigenvalue weighted by Gasteiger charge is 2.26. The van der Waals surface area contributed by atoms with E-state index in [-0.39, 0.29) is 17.8 Å². The number of urea groups is 1. The van der Waals surface area contributed by atoms with Gasteiger partial charge in [-0.05, 0) is 31.9 Å². The first-order valence-corrected chi connectivity index (χ1v) is 8.76. The lowest BCUT2D eigenvalue weighted by Crippen LogP contribution is -2.45. The zero-order valence-corrected chi connectivity index (χ0v) is 14.6. The number of H-pyrrole nitrogens is 1. The number of hydrogen-bond donors (Lipinski definition) is 2. The topological polar surface area (TPSA) is 96.2 Å². The zero-order chi connectivity index (χ0) is 18.1. The number of aromatic nitrogens is 3. The van der Waals surface area contributed by atoms with Gasteiger partial charge in [0.05, 0.1) is 23.3 Å². The Morgan fingerprint density at radius 3 is 2.85 bits per heavy atom. The molecule has 3 heterocycles. The fourth-order valence-electron chi connectivity index (χ4n) is 3.54. The number of aromatic amines is 1. The smallest absolute Gasteiger partial charge is 0.326 e. The third kappa shape index (κ3) is 3.10. The zero-order valence-electron chi connectivity index (χ0n) is 14.6. The number of aryl methyl sites for hydroxylation is 1. The monoisotopic (exact) mass is 355 g/mol. The molecule has 8 heteroatoms. The van der Waals surface area contributed by atoms with E-state index in [2.05, 4.69) is 15.5 Å². The number of hydrogen-bond acceptors (Lipinski definition) is 4. The molecule has 2 aromatic heterocycles. The lowest BCUT2D eigenvalue weighted by Gasteiger charge is -2.32. The van der Waals surface area contributed by atoms with Gasteiger partial charge in [0.15, 0.2) is 5.76 Å². The summed E-state index contributed by atoms with van der Waals surface area (Å²) in [6, 6.07) is 9.47. The minimum Gasteiger partial charge on any atom is -0.359 e. The number of imidazole rings is 1. The molecule has 0 atom stereocenters. The van der Waals surface area contributed by atoms with E-state index in [1.807, 2.05) is 35.8 Å². The van der Waals surface area contributed by atoms with Crippen molar-refractivity contribution in [3.05, 3.63) is 52.3 Å². The summed E-state index contributed by atoms with van der Waals surface area (Å²) in [6.07, 6.45) is 1.49. The van der Waals surface area contributed by atoms with Crippen LogP contribution in [-0.4, -0.2) is 38.7 Å². The standard InChI is InChI=1S/C18H21N5O3/c1-12-10-14(26-21-12)11-19-17(24)22-8-6-13(7-9-22)23-16-5-3-2-4-15(16)20-18(23)25/h2-5,10,13H,6-9,11H2,1H3,(H,19,24)(H,20,25). The van der Waals surface area contributed by atoms with Gasteiger partial charge in [-0.3, -0.25) is 4.57 Å². The van der Waals surface area contributed by atoms with Crippen molar-refractivity contribution in [3.8, 4) is 0 Å². The second-order valence-corrected chi connectivity index (χ2v) is 6.63. The molecule has 1 saturated heterocycles. The van der Waals surface area contributed by atoms with E-state index in [1.165, 1.54) is 0 Å². The number of carbonyl (C=O) groups is 1. The fourth-order valence-corrected chi connectivity index (χ4v) is 3.54. The second kappa shape index (κ2) is 6.70. The largest absolute Gasteiger partial charge is 0.359 e. The lowest BCUT2D eigenvalue weighted by atomic mass is 10.0. The summed E-state index contributed by atoms with van der Waals surface area (Å²) >= 11 is 0. The minimum atomic E-state index is -0.122. The van der Waals surface area contributed by atoms with Crippen LogP contribution < -0.4 is 11.0 Å². The number of benzene rings is 1. The highest BCUT2D eigenvalue weighted by atomic mass is 16.5. The molecule has 3 aromatic rings. The van der Waals surface area contributed by atoms with Gasteiger partial charge < -0.3 is 19.7 Å². The summed E-state index contributed by atoms with van der Waals surface area (Å²) in [6.45, 7) is 3.38. The molecule has 1 aromatic carbocycles. The Morgan fingerprint density at radius 1 is 1.35 bits per heavy atom. The maximum absolute atomic E-state index is 12.3. The Bertz CT molecular complexity index is 978. The fraction of sp³-hybridized carbons (Fsp3) is 0.389. The molecule has 0 saturated carbocycles. The number of nitrogens with zero attached hydrogens (tertiary/aromatic N) is 3. The van der Waals surface area contributed by atoms with Gasteiger partial charge in [-0.1, -0.05) is 17.3 Å². The average Bonchev–Trinajstić information content (AvgIpc) is 3.22. The van der Waals surface area contributed by atoms with Crippen LogP contribution in [0.4, 0.5) is 4.79 Å².